The van der Waals surface area contributed by atoms with Gasteiger partial charge in [0.05, 0.1) is 4.90 Å². The first-order valence-corrected chi connectivity index (χ1v) is 9.15. The first-order chi connectivity index (χ1) is 10.9. The van der Waals surface area contributed by atoms with Gasteiger partial charge < -0.3 is 10.6 Å². The number of carbonyl (C=O) groups excluding carboxylic acids is 1. The lowest BCUT2D eigenvalue weighted by Gasteiger charge is -2.28. The molecule has 0 bridgehead atoms. The number of hydrogen-bond donors (Lipinski definition) is 3. The van der Waals surface area contributed by atoms with Crippen molar-refractivity contribution in [1.29, 1.82) is 0 Å². The molecule has 0 aromatic heterocycles. The minimum absolute atomic E-state index is 0. The molecule has 8 heteroatoms. The smallest absolute Gasteiger partial charge is 0.251 e. The minimum atomic E-state index is -3.56. The van der Waals surface area contributed by atoms with Crippen molar-refractivity contribution in [3.63, 3.8) is 0 Å². The van der Waals surface area contributed by atoms with Gasteiger partial charge in [0, 0.05) is 24.2 Å². The van der Waals surface area contributed by atoms with E-state index < -0.39 is 10.0 Å². The van der Waals surface area contributed by atoms with Crippen molar-refractivity contribution < 1.29 is 13.2 Å². The van der Waals surface area contributed by atoms with Crippen LogP contribution in [0.5, 0.6) is 0 Å². The summed E-state index contributed by atoms with van der Waals surface area (Å²) in [6.07, 6.45) is 3.26. The van der Waals surface area contributed by atoms with Gasteiger partial charge in [-0.05, 0) is 50.6 Å². The van der Waals surface area contributed by atoms with Crippen molar-refractivity contribution in [2.45, 2.75) is 36.7 Å². The number of carbonyl (C=O) groups is 1. The van der Waals surface area contributed by atoms with E-state index in [9.17, 15) is 13.2 Å². The van der Waals surface area contributed by atoms with Crippen LogP contribution in [-0.4, -0.2) is 39.5 Å². The maximum atomic E-state index is 12.2. The third-order valence-electron chi connectivity index (χ3n) is 3.80. The molecule has 6 nitrogen and oxygen atoms in total. The molecule has 1 aliphatic heterocycles. The molecular formula is C16H24ClN3O3S. The molecule has 2 atom stereocenters. The number of amides is 1. The molecule has 2 rings (SSSR count). The molecule has 1 aromatic carbocycles. The highest BCUT2D eigenvalue weighted by molar-refractivity contribution is 7.89. The molecule has 134 valence electrons. The zero-order chi connectivity index (χ0) is 16.9. The highest BCUT2D eigenvalue weighted by Gasteiger charge is 2.21. The van der Waals surface area contributed by atoms with Crippen LogP contribution in [0, 0.1) is 0 Å². The Balaban J connectivity index is 0.00000288. The minimum Gasteiger partial charge on any atom is -0.349 e. The van der Waals surface area contributed by atoms with Crippen molar-refractivity contribution in [3.05, 3.63) is 42.5 Å². The van der Waals surface area contributed by atoms with E-state index in [0.29, 0.717) is 11.6 Å². The standard InChI is InChI=1S/C16H23N3O3S.ClH/c1-3-9-18-23(21,22)15-6-4-13(5-7-15)16(20)19-14-8-10-17-12(2)11-14;/h3-7,12,14,17-18H,1,8-11H2,2H3,(H,19,20);1H. The third kappa shape index (κ3) is 5.59. The van der Waals surface area contributed by atoms with E-state index in [1.165, 1.54) is 30.3 Å². The lowest BCUT2D eigenvalue weighted by molar-refractivity contribution is 0.0925. The lowest BCUT2D eigenvalue weighted by Crippen LogP contribution is -2.46. The normalized spacial score (nSPS) is 20.7. The predicted octanol–water partition coefficient (Wildman–Crippen LogP) is 1.44. The second-order valence-electron chi connectivity index (χ2n) is 5.71. The first kappa shape index (κ1) is 20.6. The van der Waals surface area contributed by atoms with Crippen LogP contribution in [0.4, 0.5) is 0 Å². The molecule has 1 aromatic rings. The van der Waals surface area contributed by atoms with Crippen LogP contribution >= 0.6 is 12.4 Å². The first-order valence-electron chi connectivity index (χ1n) is 7.67. The molecule has 1 saturated heterocycles. The van der Waals surface area contributed by atoms with Crippen molar-refractivity contribution in [1.82, 2.24) is 15.4 Å². The van der Waals surface area contributed by atoms with Crippen LogP contribution in [0.1, 0.15) is 30.1 Å². The van der Waals surface area contributed by atoms with Crippen LogP contribution in [0.25, 0.3) is 0 Å². The lowest BCUT2D eigenvalue weighted by atomic mass is 10.0. The fraction of sp³-hybridized carbons (Fsp3) is 0.438. The number of benzene rings is 1. The van der Waals surface area contributed by atoms with Crippen molar-refractivity contribution >= 4 is 28.3 Å². The zero-order valence-corrected chi connectivity index (χ0v) is 15.3. The Morgan fingerprint density at radius 3 is 2.62 bits per heavy atom. The van der Waals surface area contributed by atoms with Crippen LogP contribution < -0.4 is 15.4 Å². The summed E-state index contributed by atoms with van der Waals surface area (Å²) in [5.74, 6) is -0.174. The Kier molecular flexibility index (Phi) is 7.89. The van der Waals surface area contributed by atoms with Gasteiger partial charge in [0.1, 0.15) is 0 Å². The Hall–Kier alpha value is -1.41. The maximum absolute atomic E-state index is 12.2. The van der Waals surface area contributed by atoms with Gasteiger partial charge in [-0.2, -0.15) is 0 Å². The summed E-state index contributed by atoms with van der Waals surface area (Å²) < 4.78 is 26.3. The zero-order valence-electron chi connectivity index (χ0n) is 13.6. The van der Waals surface area contributed by atoms with Gasteiger partial charge in [-0.25, -0.2) is 13.1 Å². The van der Waals surface area contributed by atoms with E-state index in [1.807, 2.05) is 0 Å². The highest BCUT2D eigenvalue weighted by atomic mass is 35.5. The van der Waals surface area contributed by atoms with E-state index in [-0.39, 0.29) is 35.8 Å². The second-order valence-corrected chi connectivity index (χ2v) is 7.48. The van der Waals surface area contributed by atoms with E-state index in [2.05, 4.69) is 28.9 Å². The van der Waals surface area contributed by atoms with Crippen molar-refractivity contribution in [3.8, 4) is 0 Å². The van der Waals surface area contributed by atoms with Crippen molar-refractivity contribution in [2.24, 2.45) is 0 Å². The molecule has 1 aliphatic rings. The van der Waals surface area contributed by atoms with Gasteiger partial charge in [0.25, 0.3) is 5.91 Å². The van der Waals surface area contributed by atoms with Crippen LogP contribution in [0.15, 0.2) is 41.8 Å². The van der Waals surface area contributed by atoms with Gasteiger partial charge in [-0.15, -0.1) is 19.0 Å². The van der Waals surface area contributed by atoms with Gasteiger partial charge >= 0.3 is 0 Å². The number of halogens is 1. The number of piperidine rings is 1. The SMILES string of the molecule is C=CCNS(=O)(=O)c1ccc(C(=O)NC2CCNC(C)C2)cc1.Cl. The highest BCUT2D eigenvalue weighted by Crippen LogP contribution is 2.12. The van der Waals surface area contributed by atoms with E-state index in [0.717, 1.165) is 19.4 Å². The van der Waals surface area contributed by atoms with E-state index >= 15 is 0 Å². The quantitative estimate of drug-likeness (QED) is 0.658. The topological polar surface area (TPSA) is 87.3 Å². The summed E-state index contributed by atoms with van der Waals surface area (Å²) in [6, 6.07) is 6.47. The molecule has 2 unspecified atom stereocenters. The molecule has 1 fully saturated rings. The molecular weight excluding hydrogens is 350 g/mol. The second kappa shape index (κ2) is 9.17. The average molecular weight is 374 g/mol. The fourth-order valence-electron chi connectivity index (χ4n) is 2.57. The van der Waals surface area contributed by atoms with Crippen molar-refractivity contribution in [2.75, 3.05) is 13.1 Å². The number of rotatable bonds is 6. The predicted molar refractivity (Wildman–Crippen MR) is 97.0 cm³/mol. The van der Waals surface area contributed by atoms with Gasteiger partial charge in [-0.3, -0.25) is 4.79 Å². The van der Waals surface area contributed by atoms with Gasteiger partial charge in [0.2, 0.25) is 10.0 Å². The largest absolute Gasteiger partial charge is 0.349 e. The fourth-order valence-corrected chi connectivity index (χ4v) is 3.57. The van der Waals surface area contributed by atoms with Gasteiger partial charge in [0.15, 0.2) is 0 Å². The molecule has 3 N–H and O–H groups in total. The van der Waals surface area contributed by atoms with Gasteiger partial charge in [-0.1, -0.05) is 6.08 Å². The van der Waals surface area contributed by atoms with Crippen LogP contribution in [0.2, 0.25) is 0 Å². The number of hydrogen-bond acceptors (Lipinski definition) is 4. The summed E-state index contributed by atoms with van der Waals surface area (Å²) in [4.78, 5) is 12.4. The van der Waals surface area contributed by atoms with Crippen LogP contribution in [-0.2, 0) is 10.0 Å². The maximum Gasteiger partial charge on any atom is 0.251 e. The van der Waals surface area contributed by atoms with E-state index in [1.54, 1.807) is 0 Å². The summed E-state index contributed by atoms with van der Waals surface area (Å²) in [5, 5.41) is 6.33. The average Bonchev–Trinajstić information content (AvgIpc) is 2.53. The summed E-state index contributed by atoms with van der Waals surface area (Å²) >= 11 is 0. The molecule has 0 saturated carbocycles. The molecule has 0 spiro atoms. The molecule has 24 heavy (non-hydrogen) atoms. The Labute approximate surface area is 149 Å². The Morgan fingerprint density at radius 1 is 1.38 bits per heavy atom. The summed E-state index contributed by atoms with van der Waals surface area (Å²) in [7, 11) is -3.56. The monoisotopic (exact) mass is 373 g/mol. The van der Waals surface area contributed by atoms with E-state index in [4.69, 9.17) is 0 Å². The molecule has 0 radical (unpaired) electrons. The molecule has 1 heterocycles. The summed E-state index contributed by atoms with van der Waals surface area (Å²) in [5.41, 5.74) is 0.457. The molecule has 0 aliphatic carbocycles. The number of sulfonamides is 1. The Bertz CT molecular complexity index is 662. The Morgan fingerprint density at radius 2 is 2.04 bits per heavy atom. The molecule has 1 amide bonds. The number of nitrogens with one attached hydrogen (secondary N) is 3. The summed E-state index contributed by atoms with van der Waals surface area (Å²) in [6.45, 7) is 6.61. The third-order valence-corrected chi connectivity index (χ3v) is 5.24. The van der Waals surface area contributed by atoms with Crippen LogP contribution in [0.3, 0.4) is 0 Å².